The zero-order chi connectivity index (χ0) is 24.8. The van der Waals surface area contributed by atoms with Crippen LogP contribution >= 0.6 is 0 Å². The summed E-state index contributed by atoms with van der Waals surface area (Å²) in [6.07, 6.45) is 0.527. The van der Waals surface area contributed by atoms with Gasteiger partial charge in [0.2, 0.25) is 5.91 Å². The Kier molecular flexibility index (Phi) is 10.5. The summed E-state index contributed by atoms with van der Waals surface area (Å²) in [6.45, 7) is 4.09. The number of nitrogens with zero attached hydrogens (tertiary/aromatic N) is 1. The van der Waals surface area contributed by atoms with Crippen molar-refractivity contribution in [2.75, 3.05) is 27.3 Å². The third kappa shape index (κ3) is 6.41. The number of methoxy groups -OCH3 is 1. The van der Waals surface area contributed by atoms with Crippen LogP contribution in [-0.2, 0) is 23.8 Å². The zero-order valence-corrected chi connectivity index (χ0v) is 20.1. The number of nitrogens with two attached hydrogens (primary N) is 1. The fourth-order valence-corrected chi connectivity index (χ4v) is 4.64. The molecular formula is C22H41N3O8. The third-order valence-corrected chi connectivity index (χ3v) is 6.57. The lowest BCUT2D eigenvalue weighted by molar-refractivity contribution is -0.272. The minimum atomic E-state index is -1.77. The second-order valence-corrected chi connectivity index (χ2v) is 9.20. The summed E-state index contributed by atoms with van der Waals surface area (Å²) in [6, 6.07) is -2.19. The summed E-state index contributed by atoms with van der Waals surface area (Å²) in [4.78, 5) is 26.4. The number of unbranched alkanes of at least 4 members (excludes halogenated alkanes) is 5. The minimum Gasteiger partial charge on any atom is -0.388 e. The zero-order valence-electron chi connectivity index (χ0n) is 20.1. The molecular weight excluding hydrogens is 434 g/mol. The Morgan fingerprint density at radius 3 is 2.36 bits per heavy atom. The molecule has 0 radical (unpaired) electrons. The fraction of sp³-hybridized carbons (Fsp3) is 0.909. The first-order chi connectivity index (χ1) is 15.6. The van der Waals surface area contributed by atoms with Gasteiger partial charge in [0.1, 0.15) is 23.9 Å². The Hall–Kier alpha value is -1.34. The average molecular weight is 476 g/mol. The molecule has 0 unspecified atom stereocenters. The van der Waals surface area contributed by atoms with Crippen molar-refractivity contribution in [3.8, 4) is 0 Å². The van der Waals surface area contributed by atoms with E-state index in [4.69, 9.17) is 19.9 Å². The SMILES string of the molecule is CO[C@H]1C(=O)N(C)[C@H](C(=O)N[C@@H]2[C@H](O)[C@@H](O)[C@@H](OCCCCCCCCN)O[C@@H]2C)[C@]1(C)O. The Morgan fingerprint density at radius 1 is 1.18 bits per heavy atom. The predicted octanol–water partition coefficient (Wildman–Crippen LogP) is -1.14. The summed E-state index contributed by atoms with van der Waals surface area (Å²) in [5.74, 6) is -1.21. The average Bonchev–Trinajstić information content (AvgIpc) is 2.93. The normalized spacial score (nSPS) is 36.9. The van der Waals surface area contributed by atoms with Gasteiger partial charge in [-0.2, -0.15) is 0 Å². The van der Waals surface area contributed by atoms with Crippen molar-refractivity contribution in [2.45, 2.75) is 101 Å². The van der Waals surface area contributed by atoms with Gasteiger partial charge in [0.05, 0.1) is 12.1 Å². The van der Waals surface area contributed by atoms with Crippen molar-refractivity contribution in [3.05, 3.63) is 0 Å². The third-order valence-electron chi connectivity index (χ3n) is 6.57. The molecule has 0 aliphatic carbocycles. The molecule has 0 spiro atoms. The Bertz CT molecular complexity index is 649. The van der Waals surface area contributed by atoms with E-state index in [1.165, 1.54) is 21.1 Å². The Balaban J connectivity index is 1.87. The van der Waals surface area contributed by atoms with E-state index in [2.05, 4.69) is 5.32 Å². The first kappa shape index (κ1) is 27.9. The highest BCUT2D eigenvalue weighted by molar-refractivity contribution is 5.95. The molecule has 0 aromatic rings. The summed E-state index contributed by atoms with van der Waals surface area (Å²) in [5.41, 5.74) is 3.70. The van der Waals surface area contributed by atoms with Crippen LogP contribution in [0.3, 0.4) is 0 Å². The van der Waals surface area contributed by atoms with Crippen LogP contribution in [0, 0.1) is 0 Å². The molecule has 6 N–H and O–H groups in total. The van der Waals surface area contributed by atoms with Crippen LogP contribution in [0.5, 0.6) is 0 Å². The largest absolute Gasteiger partial charge is 0.388 e. The number of aliphatic hydroxyl groups excluding tert-OH is 2. The second-order valence-electron chi connectivity index (χ2n) is 9.20. The Labute approximate surface area is 195 Å². The molecule has 0 aromatic heterocycles. The number of hydrogen-bond donors (Lipinski definition) is 5. The highest BCUT2D eigenvalue weighted by Crippen LogP contribution is 2.31. The smallest absolute Gasteiger partial charge is 0.255 e. The number of nitrogens with one attached hydrogen (secondary N) is 1. The van der Waals surface area contributed by atoms with E-state index in [1.807, 2.05) is 0 Å². The van der Waals surface area contributed by atoms with Crippen molar-refractivity contribution < 1.29 is 39.1 Å². The van der Waals surface area contributed by atoms with Gasteiger partial charge in [-0.3, -0.25) is 9.59 Å². The summed E-state index contributed by atoms with van der Waals surface area (Å²) in [7, 11) is 2.68. The van der Waals surface area contributed by atoms with Crippen LogP contribution in [-0.4, -0.2) is 108 Å². The lowest BCUT2D eigenvalue weighted by atomic mass is 9.92. The topological polar surface area (TPSA) is 164 Å². The maximum atomic E-state index is 13.0. The molecule has 2 aliphatic rings. The van der Waals surface area contributed by atoms with Crippen molar-refractivity contribution >= 4 is 11.8 Å². The molecule has 11 heteroatoms. The molecule has 33 heavy (non-hydrogen) atoms. The van der Waals surface area contributed by atoms with Gasteiger partial charge in [-0.25, -0.2) is 0 Å². The number of likely N-dealkylation sites (N-methyl/N-ethyl adjacent to an activating group) is 1. The summed E-state index contributed by atoms with van der Waals surface area (Å²) in [5, 5.41) is 34.5. The van der Waals surface area contributed by atoms with E-state index < -0.39 is 60.2 Å². The van der Waals surface area contributed by atoms with Gasteiger partial charge in [-0.15, -0.1) is 0 Å². The molecule has 0 aromatic carbocycles. The van der Waals surface area contributed by atoms with Gasteiger partial charge in [-0.05, 0) is 33.2 Å². The van der Waals surface area contributed by atoms with Gasteiger partial charge in [0.15, 0.2) is 12.4 Å². The van der Waals surface area contributed by atoms with E-state index in [0.29, 0.717) is 13.2 Å². The second kappa shape index (κ2) is 12.4. The van der Waals surface area contributed by atoms with Crippen LogP contribution in [0.15, 0.2) is 0 Å². The first-order valence-electron chi connectivity index (χ1n) is 11.7. The van der Waals surface area contributed by atoms with Gasteiger partial charge >= 0.3 is 0 Å². The monoisotopic (exact) mass is 475 g/mol. The molecule has 2 fully saturated rings. The highest BCUT2D eigenvalue weighted by atomic mass is 16.7. The Morgan fingerprint density at radius 2 is 1.79 bits per heavy atom. The van der Waals surface area contributed by atoms with Crippen LogP contribution in [0.2, 0.25) is 0 Å². The van der Waals surface area contributed by atoms with E-state index in [0.717, 1.165) is 43.4 Å². The van der Waals surface area contributed by atoms with Crippen molar-refractivity contribution in [1.29, 1.82) is 0 Å². The van der Waals surface area contributed by atoms with Gasteiger partial charge < -0.3 is 45.5 Å². The predicted molar refractivity (Wildman–Crippen MR) is 119 cm³/mol. The van der Waals surface area contributed by atoms with Crippen molar-refractivity contribution in [1.82, 2.24) is 10.2 Å². The van der Waals surface area contributed by atoms with Crippen LogP contribution < -0.4 is 11.1 Å². The number of likely N-dealkylation sites (tertiary alicyclic amines) is 1. The number of hydrogen-bond acceptors (Lipinski definition) is 9. The fourth-order valence-electron chi connectivity index (χ4n) is 4.64. The lowest BCUT2D eigenvalue weighted by Crippen LogP contribution is -2.66. The number of amides is 2. The molecule has 0 saturated carbocycles. The minimum absolute atomic E-state index is 0.380. The molecule has 11 nitrogen and oxygen atoms in total. The standard InChI is InChI=1S/C22H41N3O8/c1-13-14(24-19(28)17-22(2,30)18(31-4)20(29)25(17)3)15(26)16(27)21(33-13)32-12-10-8-6-5-7-9-11-23/h13-18,21,26-27,30H,5-12,23H2,1-4H3,(H,24,28)/t13-,14+,15+,16-,17-,18+,21+,22+/m1/s1. The molecule has 2 heterocycles. The summed E-state index contributed by atoms with van der Waals surface area (Å²) >= 11 is 0. The molecule has 2 rings (SSSR count). The van der Waals surface area contributed by atoms with Crippen LogP contribution in [0.1, 0.15) is 52.4 Å². The van der Waals surface area contributed by atoms with Crippen LogP contribution in [0.25, 0.3) is 0 Å². The van der Waals surface area contributed by atoms with E-state index in [1.54, 1.807) is 6.92 Å². The molecule has 2 aliphatic heterocycles. The molecule has 8 atom stereocenters. The number of carbonyl (C=O) groups is 2. The number of rotatable bonds is 12. The van der Waals surface area contributed by atoms with Gasteiger partial charge in [0, 0.05) is 20.8 Å². The summed E-state index contributed by atoms with van der Waals surface area (Å²) < 4.78 is 16.4. The lowest BCUT2D eigenvalue weighted by Gasteiger charge is -2.42. The number of ether oxygens (including phenoxy) is 3. The highest BCUT2D eigenvalue weighted by Gasteiger charge is 2.58. The molecule has 2 amide bonds. The molecule has 192 valence electrons. The number of aliphatic hydroxyl groups is 3. The van der Waals surface area contributed by atoms with E-state index in [-0.39, 0.29) is 0 Å². The van der Waals surface area contributed by atoms with E-state index in [9.17, 15) is 24.9 Å². The van der Waals surface area contributed by atoms with Crippen LogP contribution in [0.4, 0.5) is 0 Å². The molecule has 2 saturated heterocycles. The van der Waals surface area contributed by atoms with E-state index >= 15 is 0 Å². The van der Waals surface area contributed by atoms with Crippen molar-refractivity contribution in [2.24, 2.45) is 5.73 Å². The molecule has 0 bridgehead atoms. The quantitative estimate of drug-likeness (QED) is 0.219. The van der Waals surface area contributed by atoms with Gasteiger partial charge in [0.25, 0.3) is 5.91 Å². The maximum Gasteiger partial charge on any atom is 0.255 e. The maximum absolute atomic E-state index is 13.0. The van der Waals surface area contributed by atoms with Crippen molar-refractivity contribution in [3.63, 3.8) is 0 Å². The number of carbonyl (C=O) groups excluding carboxylic acids is 2. The first-order valence-corrected chi connectivity index (χ1v) is 11.7. The van der Waals surface area contributed by atoms with Gasteiger partial charge in [-0.1, -0.05) is 25.7 Å².